The maximum absolute atomic E-state index is 6.15. The van der Waals surface area contributed by atoms with E-state index in [-0.39, 0.29) is 0 Å². The Morgan fingerprint density at radius 3 is 2.30 bits per heavy atom. The van der Waals surface area contributed by atoms with Crippen LogP contribution in [0.15, 0.2) is 34.9 Å². The van der Waals surface area contributed by atoms with Crippen molar-refractivity contribution in [3.63, 3.8) is 0 Å². The fraction of sp³-hybridized carbons (Fsp3) is 0.625. The van der Waals surface area contributed by atoms with Crippen LogP contribution < -0.4 is 0 Å². The van der Waals surface area contributed by atoms with Gasteiger partial charge >= 0.3 is 0 Å². The third-order valence-electron chi connectivity index (χ3n) is 5.22. The topological polar surface area (TPSA) is 30.3 Å². The van der Waals surface area contributed by atoms with Crippen molar-refractivity contribution in [3.05, 3.63) is 52.0 Å². The second-order valence-corrected chi connectivity index (χ2v) is 16.5. The molecule has 0 N–H and O–H groups in total. The van der Waals surface area contributed by atoms with E-state index in [0.29, 0.717) is 18.7 Å². The highest BCUT2D eigenvalue weighted by molar-refractivity contribution is 9.10. The molecule has 0 aliphatic carbocycles. The number of ether oxygens (including phenoxy) is 1. The van der Waals surface area contributed by atoms with Crippen LogP contribution in [0, 0.1) is 5.92 Å². The predicted octanol–water partition coefficient (Wildman–Crippen LogP) is 6.57. The van der Waals surface area contributed by atoms with Gasteiger partial charge in [-0.3, -0.25) is 4.90 Å². The molecule has 0 aliphatic rings. The molecule has 0 aliphatic heterocycles. The Balaban J connectivity index is 2.21. The molecule has 0 unspecified atom stereocenters. The molecule has 2 rings (SSSR count). The molecule has 0 fully saturated rings. The van der Waals surface area contributed by atoms with E-state index in [4.69, 9.17) is 9.72 Å². The summed E-state index contributed by atoms with van der Waals surface area (Å²) < 4.78 is 9.40. The lowest BCUT2D eigenvalue weighted by Crippen LogP contribution is -2.31. The first kappa shape index (κ1) is 25.3. The molecule has 0 saturated heterocycles. The van der Waals surface area contributed by atoms with E-state index in [1.54, 1.807) is 0 Å². The quantitative estimate of drug-likeness (QED) is 0.247. The van der Waals surface area contributed by atoms with Gasteiger partial charge in [0.25, 0.3) is 0 Å². The fourth-order valence-corrected chi connectivity index (χ4v) is 4.60. The summed E-state index contributed by atoms with van der Waals surface area (Å²) in [7, 11) is -1.10. The minimum absolute atomic E-state index is 0.432. The van der Waals surface area contributed by atoms with Gasteiger partial charge in [0, 0.05) is 40.2 Å². The third-order valence-corrected chi connectivity index (χ3v) is 7.56. The second kappa shape index (κ2) is 11.6. The summed E-state index contributed by atoms with van der Waals surface area (Å²) in [5.74, 6) is 1.67. The van der Waals surface area contributed by atoms with Crippen LogP contribution in [0.2, 0.25) is 25.7 Å². The fourth-order valence-electron chi connectivity index (χ4n) is 3.29. The van der Waals surface area contributed by atoms with Crippen LogP contribution in [-0.2, 0) is 31.0 Å². The van der Waals surface area contributed by atoms with Gasteiger partial charge in [-0.05, 0) is 47.3 Å². The molecule has 6 heteroatoms. The zero-order valence-corrected chi connectivity index (χ0v) is 22.5. The Labute approximate surface area is 193 Å². The molecule has 0 saturated carbocycles. The standard InChI is InChI=1S/C24H40BrN3OSi/c1-19(2)15-23-26-24(25)22(28(23)18-29-13-14-30(5,6)7)17-27(20(3)4)16-21-11-9-8-10-12-21/h8-12,19-20H,13-18H2,1-7H3. The van der Waals surface area contributed by atoms with Gasteiger partial charge in [-0.2, -0.15) is 0 Å². The second-order valence-electron chi connectivity index (χ2n) is 10.1. The van der Waals surface area contributed by atoms with Gasteiger partial charge in [-0.1, -0.05) is 63.8 Å². The highest BCUT2D eigenvalue weighted by Gasteiger charge is 2.21. The van der Waals surface area contributed by atoms with Gasteiger partial charge < -0.3 is 9.30 Å². The molecule has 168 valence electrons. The van der Waals surface area contributed by atoms with Crippen LogP contribution >= 0.6 is 15.9 Å². The summed E-state index contributed by atoms with van der Waals surface area (Å²) in [5, 5.41) is 0. The average molecular weight is 495 g/mol. The number of imidazole rings is 1. The minimum atomic E-state index is -1.10. The molecule has 4 nitrogen and oxygen atoms in total. The van der Waals surface area contributed by atoms with Gasteiger partial charge in [0.2, 0.25) is 0 Å². The highest BCUT2D eigenvalue weighted by Crippen LogP contribution is 2.24. The number of hydrogen-bond acceptors (Lipinski definition) is 3. The summed E-state index contributed by atoms with van der Waals surface area (Å²) >= 11 is 3.75. The van der Waals surface area contributed by atoms with Crippen LogP contribution in [0.25, 0.3) is 0 Å². The number of nitrogens with zero attached hydrogens (tertiary/aromatic N) is 3. The molecular weight excluding hydrogens is 454 g/mol. The molecule has 0 radical (unpaired) electrons. The summed E-state index contributed by atoms with van der Waals surface area (Å²) in [6, 6.07) is 12.3. The molecule has 1 heterocycles. The SMILES string of the molecule is CC(C)Cc1nc(Br)c(CN(Cc2ccccc2)C(C)C)n1COCC[Si](C)(C)C. The lowest BCUT2D eigenvalue weighted by Gasteiger charge is -2.27. The molecular formula is C24H40BrN3OSi. The summed E-state index contributed by atoms with van der Waals surface area (Å²) in [5.41, 5.74) is 2.55. The van der Waals surface area contributed by atoms with Crippen LogP contribution in [0.1, 0.15) is 44.8 Å². The number of halogens is 1. The van der Waals surface area contributed by atoms with Crippen molar-refractivity contribution in [2.75, 3.05) is 6.61 Å². The number of hydrogen-bond donors (Lipinski definition) is 0. The predicted molar refractivity (Wildman–Crippen MR) is 133 cm³/mol. The Morgan fingerprint density at radius 2 is 1.73 bits per heavy atom. The van der Waals surface area contributed by atoms with Crippen LogP contribution in [0.3, 0.4) is 0 Å². The summed E-state index contributed by atoms with van der Waals surface area (Å²) in [6.45, 7) is 19.4. The van der Waals surface area contributed by atoms with Gasteiger partial charge in [-0.25, -0.2) is 4.98 Å². The number of aromatic nitrogens is 2. The molecule has 1 aromatic carbocycles. The Bertz CT molecular complexity index is 769. The third kappa shape index (κ3) is 8.29. The number of benzene rings is 1. The van der Waals surface area contributed by atoms with Crippen molar-refractivity contribution < 1.29 is 4.74 Å². The maximum Gasteiger partial charge on any atom is 0.129 e. The molecule has 0 atom stereocenters. The molecule has 0 spiro atoms. The Kier molecular flexibility index (Phi) is 9.79. The Morgan fingerprint density at radius 1 is 1.07 bits per heavy atom. The maximum atomic E-state index is 6.15. The van der Waals surface area contributed by atoms with Crippen molar-refractivity contribution >= 4 is 24.0 Å². The van der Waals surface area contributed by atoms with Crippen LogP contribution in [-0.4, -0.2) is 35.2 Å². The van der Waals surface area contributed by atoms with Gasteiger partial charge in [0.15, 0.2) is 0 Å². The summed E-state index contributed by atoms with van der Waals surface area (Å²) in [6.07, 6.45) is 0.955. The van der Waals surface area contributed by atoms with E-state index in [1.165, 1.54) is 17.3 Å². The van der Waals surface area contributed by atoms with E-state index >= 15 is 0 Å². The van der Waals surface area contributed by atoms with E-state index in [9.17, 15) is 0 Å². The zero-order chi connectivity index (χ0) is 22.3. The highest BCUT2D eigenvalue weighted by atomic mass is 79.9. The van der Waals surface area contributed by atoms with Crippen molar-refractivity contribution in [2.45, 2.75) is 85.7 Å². The monoisotopic (exact) mass is 493 g/mol. The van der Waals surface area contributed by atoms with Gasteiger partial charge in [0.05, 0.1) is 5.69 Å². The van der Waals surface area contributed by atoms with E-state index in [0.717, 1.165) is 36.5 Å². The first-order valence-electron chi connectivity index (χ1n) is 11.2. The minimum Gasteiger partial charge on any atom is -0.361 e. The smallest absolute Gasteiger partial charge is 0.129 e. The van der Waals surface area contributed by atoms with Gasteiger partial charge in [0.1, 0.15) is 17.2 Å². The first-order valence-corrected chi connectivity index (χ1v) is 15.7. The van der Waals surface area contributed by atoms with Gasteiger partial charge in [-0.15, -0.1) is 0 Å². The first-order chi connectivity index (χ1) is 14.1. The largest absolute Gasteiger partial charge is 0.361 e. The number of rotatable bonds is 12. The van der Waals surface area contributed by atoms with E-state index in [2.05, 4.69) is 103 Å². The zero-order valence-electron chi connectivity index (χ0n) is 19.9. The molecule has 0 bridgehead atoms. The summed E-state index contributed by atoms with van der Waals surface area (Å²) in [4.78, 5) is 7.37. The normalized spacial score (nSPS) is 12.5. The lowest BCUT2D eigenvalue weighted by atomic mass is 10.1. The lowest BCUT2D eigenvalue weighted by molar-refractivity contribution is 0.0796. The van der Waals surface area contributed by atoms with E-state index < -0.39 is 8.07 Å². The van der Waals surface area contributed by atoms with Crippen molar-refractivity contribution in [3.8, 4) is 0 Å². The Hall–Kier alpha value is -0.953. The van der Waals surface area contributed by atoms with Crippen LogP contribution in [0.5, 0.6) is 0 Å². The molecule has 1 aromatic heterocycles. The van der Waals surface area contributed by atoms with Crippen molar-refractivity contribution in [1.82, 2.24) is 14.5 Å². The molecule has 30 heavy (non-hydrogen) atoms. The van der Waals surface area contributed by atoms with Crippen molar-refractivity contribution in [2.24, 2.45) is 5.92 Å². The van der Waals surface area contributed by atoms with E-state index in [1.807, 2.05) is 0 Å². The average Bonchev–Trinajstić information content (AvgIpc) is 2.92. The van der Waals surface area contributed by atoms with Crippen LogP contribution in [0.4, 0.5) is 0 Å². The molecule has 2 aromatic rings. The van der Waals surface area contributed by atoms with Crippen molar-refractivity contribution in [1.29, 1.82) is 0 Å². The molecule has 0 amide bonds.